The molecule has 1 aromatic heterocycles. The zero-order valence-electron chi connectivity index (χ0n) is 18.4. The van der Waals surface area contributed by atoms with Crippen molar-refractivity contribution in [2.75, 3.05) is 6.54 Å². The van der Waals surface area contributed by atoms with Crippen molar-refractivity contribution in [2.45, 2.75) is 52.6 Å². The first-order chi connectivity index (χ1) is 14.8. The van der Waals surface area contributed by atoms with Crippen LogP contribution in [0, 0.1) is 5.92 Å². The number of hydrogen-bond acceptors (Lipinski definition) is 5. The van der Waals surface area contributed by atoms with Crippen molar-refractivity contribution in [2.24, 2.45) is 5.92 Å². The van der Waals surface area contributed by atoms with Gasteiger partial charge in [0.15, 0.2) is 0 Å². The van der Waals surface area contributed by atoms with Gasteiger partial charge < -0.3 is 16.0 Å². The van der Waals surface area contributed by atoms with Crippen molar-refractivity contribution in [1.29, 1.82) is 0 Å². The molecule has 0 aliphatic rings. The summed E-state index contributed by atoms with van der Waals surface area (Å²) < 4.78 is 0. The van der Waals surface area contributed by atoms with Crippen LogP contribution in [-0.4, -0.2) is 47.1 Å². The fraction of sp³-hybridized carbons (Fsp3) is 0.435. The van der Waals surface area contributed by atoms with Crippen molar-refractivity contribution < 1.29 is 19.2 Å². The summed E-state index contributed by atoms with van der Waals surface area (Å²) in [5, 5.41) is 8.69. The van der Waals surface area contributed by atoms with Crippen LogP contribution in [0.15, 0.2) is 36.4 Å². The third kappa shape index (κ3) is 6.60. The van der Waals surface area contributed by atoms with Crippen molar-refractivity contribution in [3.8, 4) is 0 Å². The Labute approximate surface area is 182 Å². The van der Waals surface area contributed by atoms with Crippen LogP contribution in [0.2, 0.25) is 0 Å². The second-order valence-corrected chi connectivity index (χ2v) is 7.74. The molecule has 8 nitrogen and oxygen atoms in total. The largest absolute Gasteiger partial charge is 0.350 e. The van der Waals surface area contributed by atoms with E-state index in [1.807, 2.05) is 38.1 Å². The minimum absolute atomic E-state index is 0.111. The topological polar surface area (TPSA) is 117 Å². The molecule has 0 fully saturated rings. The molecule has 3 amide bonds. The van der Waals surface area contributed by atoms with Crippen molar-refractivity contribution >= 4 is 34.4 Å². The van der Waals surface area contributed by atoms with Gasteiger partial charge in [-0.3, -0.25) is 19.2 Å². The molecule has 0 saturated carbocycles. The van der Waals surface area contributed by atoms with Crippen LogP contribution in [0.1, 0.15) is 51.0 Å². The van der Waals surface area contributed by atoms with Crippen LogP contribution in [0.25, 0.3) is 10.9 Å². The molecule has 2 unspecified atom stereocenters. The number of Topliss-reactive ketones (excluding diaryl/α,β-unsaturated/α-hetero) is 1. The number of carbonyl (C=O) groups excluding carboxylic acids is 4. The zero-order valence-corrected chi connectivity index (χ0v) is 18.4. The first kappa shape index (κ1) is 24.0. The number of likely N-dealkylation sites (N-methyl/N-ethyl adjacent to an activating group) is 1. The van der Waals surface area contributed by atoms with E-state index in [1.165, 1.54) is 0 Å². The van der Waals surface area contributed by atoms with E-state index < -0.39 is 35.6 Å². The summed E-state index contributed by atoms with van der Waals surface area (Å²) >= 11 is 0. The van der Waals surface area contributed by atoms with Gasteiger partial charge in [-0.1, -0.05) is 45.0 Å². The number of benzene rings is 1. The van der Waals surface area contributed by atoms with Crippen LogP contribution in [0.3, 0.4) is 0 Å². The third-order valence-corrected chi connectivity index (χ3v) is 4.76. The summed E-state index contributed by atoms with van der Waals surface area (Å²) in [6.45, 7) is 7.59. The molecule has 0 aliphatic heterocycles. The number of para-hydroxylation sites is 1. The SMILES string of the molecule is CCNC(=O)C(=O)C(CC)NC(=O)C(CC(C)C)NC(=O)c1ccc2ccccc2n1. The summed E-state index contributed by atoms with van der Waals surface area (Å²) in [7, 11) is 0. The normalized spacial score (nSPS) is 12.8. The van der Waals surface area contributed by atoms with Gasteiger partial charge in [-0.2, -0.15) is 0 Å². The Bertz CT molecular complexity index is 957. The Hall–Kier alpha value is -3.29. The summed E-state index contributed by atoms with van der Waals surface area (Å²) in [5.41, 5.74) is 0.879. The molecule has 1 aromatic carbocycles. The number of nitrogens with zero attached hydrogens (tertiary/aromatic N) is 1. The maximum atomic E-state index is 12.9. The molecule has 2 atom stereocenters. The predicted molar refractivity (Wildman–Crippen MR) is 118 cm³/mol. The Kier molecular flexibility index (Phi) is 8.66. The third-order valence-electron chi connectivity index (χ3n) is 4.76. The average molecular weight is 427 g/mol. The lowest BCUT2D eigenvalue weighted by Crippen LogP contribution is -2.54. The molecule has 0 radical (unpaired) electrons. The highest BCUT2D eigenvalue weighted by atomic mass is 16.2. The molecule has 0 bridgehead atoms. The fourth-order valence-corrected chi connectivity index (χ4v) is 3.16. The molecular weight excluding hydrogens is 396 g/mol. The molecule has 0 aliphatic carbocycles. The molecule has 1 heterocycles. The maximum absolute atomic E-state index is 12.9. The molecule has 8 heteroatoms. The summed E-state index contributed by atoms with van der Waals surface area (Å²) in [4.78, 5) is 54.2. The summed E-state index contributed by atoms with van der Waals surface area (Å²) in [6.07, 6.45) is 0.632. The Morgan fingerprint density at radius 1 is 0.935 bits per heavy atom. The highest BCUT2D eigenvalue weighted by Gasteiger charge is 2.29. The average Bonchev–Trinajstić information content (AvgIpc) is 2.75. The van der Waals surface area contributed by atoms with E-state index >= 15 is 0 Å². The van der Waals surface area contributed by atoms with Gasteiger partial charge in [-0.25, -0.2) is 4.98 Å². The van der Waals surface area contributed by atoms with Crippen LogP contribution in [-0.2, 0) is 14.4 Å². The van der Waals surface area contributed by atoms with Gasteiger partial charge in [-0.05, 0) is 37.8 Å². The quantitative estimate of drug-likeness (QED) is 0.502. The van der Waals surface area contributed by atoms with Gasteiger partial charge in [0.1, 0.15) is 11.7 Å². The van der Waals surface area contributed by atoms with Crippen molar-refractivity contribution in [1.82, 2.24) is 20.9 Å². The Morgan fingerprint density at radius 2 is 1.65 bits per heavy atom. The summed E-state index contributed by atoms with van der Waals surface area (Å²) in [5.74, 6) is -2.32. The van der Waals surface area contributed by atoms with Crippen LogP contribution < -0.4 is 16.0 Å². The highest BCUT2D eigenvalue weighted by molar-refractivity contribution is 6.38. The van der Waals surface area contributed by atoms with Crippen LogP contribution in [0.4, 0.5) is 0 Å². The number of hydrogen-bond donors (Lipinski definition) is 3. The van der Waals surface area contributed by atoms with Crippen LogP contribution in [0.5, 0.6) is 0 Å². The molecule has 2 rings (SSSR count). The molecule has 3 N–H and O–H groups in total. The van der Waals surface area contributed by atoms with Crippen LogP contribution >= 0.6 is 0 Å². The second kappa shape index (κ2) is 11.2. The lowest BCUT2D eigenvalue weighted by Gasteiger charge is -2.23. The van der Waals surface area contributed by atoms with E-state index in [0.717, 1.165) is 5.39 Å². The first-order valence-electron chi connectivity index (χ1n) is 10.6. The molecule has 2 aromatic rings. The number of pyridine rings is 1. The van der Waals surface area contributed by atoms with Gasteiger partial charge in [0.25, 0.3) is 11.8 Å². The number of ketones is 1. The number of aromatic nitrogens is 1. The lowest BCUT2D eigenvalue weighted by atomic mass is 10.0. The van der Waals surface area contributed by atoms with E-state index in [2.05, 4.69) is 20.9 Å². The molecule has 31 heavy (non-hydrogen) atoms. The Balaban J connectivity index is 2.15. The van der Waals surface area contributed by atoms with Gasteiger partial charge in [0, 0.05) is 11.9 Å². The number of rotatable bonds is 10. The van der Waals surface area contributed by atoms with E-state index in [4.69, 9.17) is 0 Å². The predicted octanol–water partition coefficient (Wildman–Crippen LogP) is 1.98. The molecule has 0 spiro atoms. The zero-order chi connectivity index (χ0) is 23.0. The smallest absolute Gasteiger partial charge is 0.289 e. The fourth-order valence-electron chi connectivity index (χ4n) is 3.16. The minimum atomic E-state index is -0.954. The van der Waals surface area contributed by atoms with Gasteiger partial charge in [0.05, 0.1) is 11.6 Å². The van der Waals surface area contributed by atoms with Crippen molar-refractivity contribution in [3.63, 3.8) is 0 Å². The van der Waals surface area contributed by atoms with E-state index in [-0.39, 0.29) is 18.0 Å². The van der Waals surface area contributed by atoms with E-state index in [1.54, 1.807) is 26.0 Å². The molecule has 166 valence electrons. The number of nitrogens with one attached hydrogen (secondary N) is 3. The van der Waals surface area contributed by atoms with Gasteiger partial charge >= 0.3 is 0 Å². The van der Waals surface area contributed by atoms with E-state index in [0.29, 0.717) is 18.5 Å². The van der Waals surface area contributed by atoms with E-state index in [9.17, 15) is 19.2 Å². The maximum Gasteiger partial charge on any atom is 0.289 e. The second-order valence-electron chi connectivity index (χ2n) is 7.74. The first-order valence-corrected chi connectivity index (χ1v) is 10.6. The number of fused-ring (bicyclic) bond motifs is 1. The number of carbonyl (C=O) groups is 4. The van der Waals surface area contributed by atoms with Crippen molar-refractivity contribution in [3.05, 3.63) is 42.1 Å². The Morgan fingerprint density at radius 3 is 2.29 bits per heavy atom. The monoisotopic (exact) mass is 426 g/mol. The summed E-state index contributed by atoms with van der Waals surface area (Å²) in [6, 6.07) is 9.02. The van der Waals surface area contributed by atoms with Gasteiger partial charge in [0.2, 0.25) is 11.7 Å². The van der Waals surface area contributed by atoms with Gasteiger partial charge in [-0.15, -0.1) is 0 Å². The minimum Gasteiger partial charge on any atom is -0.350 e. The lowest BCUT2D eigenvalue weighted by molar-refractivity contribution is -0.140. The molecular formula is C23H30N4O4. The standard InChI is InChI=1S/C23H30N4O4/c1-5-16(20(28)23(31)24-6-2)26-22(30)19(13-14(3)4)27-21(29)18-12-11-15-9-7-8-10-17(15)25-18/h7-12,14,16,19H,5-6,13H2,1-4H3,(H,24,31)(H,26,30)(H,27,29). The highest BCUT2D eigenvalue weighted by Crippen LogP contribution is 2.13. The number of amides is 3. The molecule has 0 saturated heterocycles.